The van der Waals surface area contributed by atoms with Gasteiger partial charge in [-0.25, -0.2) is 4.39 Å². The third-order valence-electron chi connectivity index (χ3n) is 4.73. The van der Waals surface area contributed by atoms with Crippen molar-refractivity contribution in [1.29, 1.82) is 0 Å². The SMILES string of the molecule is Fc1cc[c]c(C2CCC(=Cc3nc(-c4ccc(Cl)cc4)no3)CC2)c1. The highest BCUT2D eigenvalue weighted by Crippen LogP contribution is 2.36. The molecule has 0 amide bonds. The summed E-state index contributed by atoms with van der Waals surface area (Å²) in [5, 5.41) is 4.71. The summed E-state index contributed by atoms with van der Waals surface area (Å²) < 4.78 is 18.7. The Morgan fingerprint density at radius 2 is 1.92 bits per heavy atom. The standard InChI is InChI=1S/C21H17ClFN2O/c22-18-10-8-16(9-11-18)21-24-20(26-25-21)12-14-4-6-15(7-5-14)17-2-1-3-19(23)13-17/h1,3,8-13,15H,4-7H2. The van der Waals surface area contributed by atoms with Gasteiger partial charge < -0.3 is 4.52 Å². The minimum Gasteiger partial charge on any atom is -0.334 e. The molecule has 26 heavy (non-hydrogen) atoms. The summed E-state index contributed by atoms with van der Waals surface area (Å²) in [7, 11) is 0. The lowest BCUT2D eigenvalue weighted by molar-refractivity contribution is 0.410. The molecule has 0 bridgehead atoms. The predicted molar refractivity (Wildman–Crippen MR) is 99.2 cm³/mol. The summed E-state index contributed by atoms with van der Waals surface area (Å²) in [5.74, 6) is 1.23. The van der Waals surface area contributed by atoms with E-state index in [0.29, 0.717) is 22.7 Å². The van der Waals surface area contributed by atoms with Crippen LogP contribution >= 0.6 is 11.6 Å². The van der Waals surface area contributed by atoms with E-state index in [1.165, 1.54) is 11.6 Å². The van der Waals surface area contributed by atoms with Crippen LogP contribution in [0.25, 0.3) is 17.5 Å². The first kappa shape index (κ1) is 17.0. The maximum Gasteiger partial charge on any atom is 0.250 e. The Morgan fingerprint density at radius 1 is 1.15 bits per heavy atom. The number of allylic oxidation sites excluding steroid dienone is 1. The largest absolute Gasteiger partial charge is 0.334 e. The van der Waals surface area contributed by atoms with Gasteiger partial charge in [-0.1, -0.05) is 28.4 Å². The minimum atomic E-state index is -0.194. The fourth-order valence-corrected chi connectivity index (χ4v) is 3.45. The Bertz CT molecular complexity index is 923. The van der Waals surface area contributed by atoms with Crippen molar-refractivity contribution in [3.05, 3.63) is 76.4 Å². The monoisotopic (exact) mass is 367 g/mol. The molecule has 4 rings (SSSR count). The number of halogens is 2. The molecule has 1 aliphatic carbocycles. The van der Waals surface area contributed by atoms with Gasteiger partial charge >= 0.3 is 0 Å². The molecule has 0 spiro atoms. The second-order valence-corrected chi connectivity index (χ2v) is 6.94. The van der Waals surface area contributed by atoms with E-state index in [1.807, 2.05) is 18.2 Å². The zero-order valence-corrected chi connectivity index (χ0v) is 14.8. The highest BCUT2D eigenvalue weighted by atomic mass is 35.5. The summed E-state index contributed by atoms with van der Waals surface area (Å²) >= 11 is 5.90. The van der Waals surface area contributed by atoms with Crippen LogP contribution < -0.4 is 0 Å². The molecule has 1 heterocycles. The lowest BCUT2D eigenvalue weighted by Gasteiger charge is -2.23. The topological polar surface area (TPSA) is 38.9 Å². The molecule has 1 aliphatic rings. The first-order valence-corrected chi connectivity index (χ1v) is 9.01. The second kappa shape index (κ2) is 7.42. The molecule has 2 aromatic carbocycles. The van der Waals surface area contributed by atoms with Gasteiger partial charge in [0.25, 0.3) is 5.89 Å². The van der Waals surface area contributed by atoms with E-state index in [4.69, 9.17) is 16.1 Å². The first-order valence-electron chi connectivity index (χ1n) is 8.63. The van der Waals surface area contributed by atoms with Gasteiger partial charge in [-0.05, 0) is 79.6 Å². The van der Waals surface area contributed by atoms with E-state index in [-0.39, 0.29) is 5.82 Å². The number of rotatable bonds is 3. The van der Waals surface area contributed by atoms with Crippen LogP contribution in [0.15, 0.2) is 52.6 Å². The molecule has 1 aromatic heterocycles. The third-order valence-corrected chi connectivity index (χ3v) is 4.98. The average molecular weight is 368 g/mol. The smallest absolute Gasteiger partial charge is 0.250 e. The number of benzene rings is 2. The van der Waals surface area contributed by atoms with Crippen LogP contribution in [0.2, 0.25) is 5.02 Å². The number of hydrogen-bond acceptors (Lipinski definition) is 3. The Morgan fingerprint density at radius 3 is 2.65 bits per heavy atom. The maximum absolute atomic E-state index is 13.4. The summed E-state index contributed by atoms with van der Waals surface area (Å²) in [5.41, 5.74) is 3.11. The fourth-order valence-electron chi connectivity index (χ4n) is 3.32. The molecule has 1 fully saturated rings. The van der Waals surface area contributed by atoms with Gasteiger partial charge in [-0.3, -0.25) is 0 Å². The highest BCUT2D eigenvalue weighted by molar-refractivity contribution is 6.30. The van der Waals surface area contributed by atoms with E-state index in [9.17, 15) is 4.39 Å². The van der Waals surface area contributed by atoms with Gasteiger partial charge in [0.05, 0.1) is 0 Å². The normalized spacial score (nSPS) is 17.3. The molecule has 0 unspecified atom stereocenters. The van der Waals surface area contributed by atoms with Crippen LogP contribution in [0, 0.1) is 11.9 Å². The zero-order valence-electron chi connectivity index (χ0n) is 14.1. The van der Waals surface area contributed by atoms with Crippen molar-refractivity contribution in [2.45, 2.75) is 31.6 Å². The van der Waals surface area contributed by atoms with Gasteiger partial charge in [0.1, 0.15) is 5.82 Å². The molecule has 3 nitrogen and oxygen atoms in total. The molecule has 1 saturated carbocycles. The number of hydrogen-bond donors (Lipinski definition) is 0. The molecule has 5 heteroatoms. The highest BCUT2D eigenvalue weighted by Gasteiger charge is 2.19. The van der Waals surface area contributed by atoms with Crippen LogP contribution in [0.4, 0.5) is 4.39 Å². The molecular weight excluding hydrogens is 351 g/mol. The predicted octanol–water partition coefficient (Wildman–Crippen LogP) is 6.07. The number of nitrogens with zero attached hydrogens (tertiary/aromatic N) is 2. The molecule has 0 atom stereocenters. The average Bonchev–Trinajstić information content (AvgIpc) is 3.11. The summed E-state index contributed by atoms with van der Waals surface area (Å²) in [6.45, 7) is 0. The maximum atomic E-state index is 13.4. The van der Waals surface area contributed by atoms with E-state index in [2.05, 4.69) is 16.2 Å². The van der Waals surface area contributed by atoms with E-state index in [0.717, 1.165) is 36.8 Å². The molecule has 0 saturated heterocycles. The fraction of sp³-hybridized carbons (Fsp3) is 0.238. The van der Waals surface area contributed by atoms with E-state index < -0.39 is 0 Å². The summed E-state index contributed by atoms with van der Waals surface area (Å²) in [6, 6.07) is 15.2. The van der Waals surface area contributed by atoms with Gasteiger partial charge in [0.2, 0.25) is 5.82 Å². The summed E-state index contributed by atoms with van der Waals surface area (Å²) in [6.07, 6.45) is 5.80. The molecule has 0 N–H and O–H groups in total. The van der Waals surface area contributed by atoms with Crippen molar-refractivity contribution in [1.82, 2.24) is 10.1 Å². The quantitative estimate of drug-likeness (QED) is 0.563. The molecular formula is C21H17ClFN2O. The molecule has 131 valence electrons. The van der Waals surface area contributed by atoms with Gasteiger partial charge in [-0.2, -0.15) is 4.98 Å². The molecule has 1 radical (unpaired) electrons. The van der Waals surface area contributed by atoms with Gasteiger partial charge in [0.15, 0.2) is 0 Å². The van der Waals surface area contributed by atoms with Crippen LogP contribution in [0.5, 0.6) is 0 Å². The third kappa shape index (κ3) is 3.86. The Labute approximate surface area is 156 Å². The van der Waals surface area contributed by atoms with Crippen molar-refractivity contribution in [3.63, 3.8) is 0 Å². The summed E-state index contributed by atoms with van der Waals surface area (Å²) in [4.78, 5) is 4.44. The number of aromatic nitrogens is 2. The van der Waals surface area contributed by atoms with Crippen molar-refractivity contribution < 1.29 is 8.91 Å². The minimum absolute atomic E-state index is 0.194. The van der Waals surface area contributed by atoms with Crippen LogP contribution in [0.1, 0.15) is 43.1 Å². The van der Waals surface area contributed by atoms with Crippen LogP contribution in [-0.4, -0.2) is 10.1 Å². The van der Waals surface area contributed by atoms with Crippen LogP contribution in [-0.2, 0) is 0 Å². The van der Waals surface area contributed by atoms with Crippen molar-refractivity contribution in [3.8, 4) is 11.4 Å². The Hall–Kier alpha value is -2.46. The second-order valence-electron chi connectivity index (χ2n) is 6.50. The van der Waals surface area contributed by atoms with Crippen LogP contribution in [0.3, 0.4) is 0 Å². The van der Waals surface area contributed by atoms with E-state index >= 15 is 0 Å². The van der Waals surface area contributed by atoms with E-state index in [1.54, 1.807) is 24.3 Å². The van der Waals surface area contributed by atoms with Crippen molar-refractivity contribution in [2.75, 3.05) is 0 Å². The molecule has 0 aliphatic heterocycles. The Kier molecular flexibility index (Phi) is 4.85. The van der Waals surface area contributed by atoms with Crippen molar-refractivity contribution >= 4 is 17.7 Å². The van der Waals surface area contributed by atoms with Crippen molar-refractivity contribution in [2.24, 2.45) is 0 Å². The van der Waals surface area contributed by atoms with Gasteiger partial charge in [-0.15, -0.1) is 0 Å². The van der Waals surface area contributed by atoms with Gasteiger partial charge in [0, 0.05) is 16.7 Å². The lowest BCUT2D eigenvalue weighted by atomic mass is 9.81. The zero-order chi connectivity index (χ0) is 17.9. The molecule has 3 aromatic rings. The lowest BCUT2D eigenvalue weighted by Crippen LogP contribution is -2.07. The Balaban J connectivity index is 1.43. The first-order chi connectivity index (χ1) is 12.7.